The van der Waals surface area contributed by atoms with Gasteiger partial charge in [-0.25, -0.2) is 4.39 Å². The van der Waals surface area contributed by atoms with Crippen molar-refractivity contribution >= 4 is 56.5 Å². The summed E-state index contributed by atoms with van der Waals surface area (Å²) >= 11 is 2.62. The monoisotopic (exact) mass is 583 g/mol. The molecule has 41 heavy (non-hydrogen) atoms. The standard InChI is InChI=1S/C31H22FN3O4S2/c1-17-9-10-20(15-24(17)32)27(37)25-26(19-11-13-22(36)14-12-19)35(29(39)28(25)38)30-33-34-31(41-30)40-16-21-7-4-6-18-5-2-3-8-23(18)21/h2-15,26,36-37H,16H2,1H3/t26-/m0/s1. The summed E-state index contributed by atoms with van der Waals surface area (Å²) in [6.07, 6.45) is 0. The molecule has 0 aliphatic carbocycles. The molecule has 204 valence electrons. The van der Waals surface area contributed by atoms with E-state index in [4.69, 9.17) is 0 Å². The zero-order chi connectivity index (χ0) is 28.7. The van der Waals surface area contributed by atoms with Crippen LogP contribution < -0.4 is 4.90 Å². The van der Waals surface area contributed by atoms with Gasteiger partial charge < -0.3 is 10.2 Å². The van der Waals surface area contributed by atoms with Gasteiger partial charge in [-0.15, -0.1) is 10.2 Å². The average molecular weight is 584 g/mol. The number of phenolic OH excluding ortho intramolecular Hbond substituents is 1. The van der Waals surface area contributed by atoms with Gasteiger partial charge in [0.15, 0.2) is 4.34 Å². The van der Waals surface area contributed by atoms with E-state index < -0.39 is 29.3 Å². The number of aryl methyl sites for hydroxylation is 1. The number of hydrogen-bond acceptors (Lipinski definition) is 8. The van der Waals surface area contributed by atoms with Gasteiger partial charge >= 0.3 is 5.91 Å². The first-order valence-corrected chi connectivity index (χ1v) is 14.4. The molecule has 1 aliphatic heterocycles. The molecule has 0 bridgehead atoms. The van der Waals surface area contributed by atoms with E-state index >= 15 is 0 Å². The van der Waals surface area contributed by atoms with Crippen molar-refractivity contribution in [3.05, 3.63) is 119 Å². The number of carbonyl (C=O) groups excluding carboxylic acids is 2. The number of nitrogens with zero attached hydrogens (tertiary/aromatic N) is 3. The number of aromatic nitrogens is 2. The van der Waals surface area contributed by atoms with Crippen LogP contribution in [0.1, 0.15) is 28.3 Å². The highest BCUT2D eigenvalue weighted by atomic mass is 32.2. The third-order valence-electron chi connectivity index (χ3n) is 6.93. The maximum Gasteiger partial charge on any atom is 0.301 e. The van der Waals surface area contributed by atoms with Crippen LogP contribution in [0.5, 0.6) is 5.75 Å². The third kappa shape index (κ3) is 4.96. The summed E-state index contributed by atoms with van der Waals surface area (Å²) in [5.74, 6) is -2.26. The molecule has 10 heteroatoms. The number of aliphatic hydroxyl groups excluding tert-OH is 1. The fourth-order valence-electron chi connectivity index (χ4n) is 4.81. The van der Waals surface area contributed by atoms with Crippen LogP contribution in [0.3, 0.4) is 0 Å². The molecule has 1 fully saturated rings. The van der Waals surface area contributed by atoms with Gasteiger partial charge in [0.05, 0.1) is 11.6 Å². The Balaban J connectivity index is 1.37. The summed E-state index contributed by atoms with van der Waals surface area (Å²) in [6.45, 7) is 1.58. The summed E-state index contributed by atoms with van der Waals surface area (Å²) in [5.41, 5.74) is 1.82. The fourth-order valence-corrected chi connectivity index (χ4v) is 6.69. The Kier molecular flexibility index (Phi) is 7.02. The molecule has 1 amide bonds. The number of aliphatic hydroxyl groups is 1. The number of carbonyl (C=O) groups is 2. The number of anilines is 1. The number of hydrogen-bond donors (Lipinski definition) is 2. The van der Waals surface area contributed by atoms with Crippen molar-refractivity contribution in [2.45, 2.75) is 23.1 Å². The second-order valence-corrected chi connectivity index (χ2v) is 11.7. The van der Waals surface area contributed by atoms with E-state index in [1.54, 1.807) is 19.1 Å². The van der Waals surface area contributed by atoms with E-state index in [1.807, 2.05) is 18.2 Å². The highest BCUT2D eigenvalue weighted by Gasteiger charge is 2.48. The van der Waals surface area contributed by atoms with Crippen LogP contribution in [0.25, 0.3) is 16.5 Å². The number of phenols is 1. The minimum Gasteiger partial charge on any atom is -0.508 e. The van der Waals surface area contributed by atoms with Crippen molar-refractivity contribution in [1.82, 2.24) is 10.2 Å². The molecule has 2 N–H and O–H groups in total. The summed E-state index contributed by atoms with van der Waals surface area (Å²) in [7, 11) is 0. The summed E-state index contributed by atoms with van der Waals surface area (Å²) < 4.78 is 14.9. The Morgan fingerprint density at radius 3 is 2.54 bits per heavy atom. The molecule has 0 radical (unpaired) electrons. The first-order valence-electron chi connectivity index (χ1n) is 12.6. The van der Waals surface area contributed by atoms with Crippen LogP contribution >= 0.6 is 23.1 Å². The second kappa shape index (κ2) is 10.8. The van der Waals surface area contributed by atoms with Crippen LogP contribution in [-0.4, -0.2) is 32.1 Å². The average Bonchev–Trinajstić information content (AvgIpc) is 3.55. The molecule has 0 unspecified atom stereocenters. The predicted octanol–water partition coefficient (Wildman–Crippen LogP) is 6.76. The smallest absolute Gasteiger partial charge is 0.301 e. The SMILES string of the molecule is Cc1ccc(C(O)=C2C(=O)C(=O)N(c3nnc(SCc4cccc5ccccc45)s3)[C@H]2c2ccc(O)cc2)cc1F. The maximum atomic E-state index is 14.3. The molecule has 7 nitrogen and oxygen atoms in total. The van der Waals surface area contributed by atoms with Crippen LogP contribution in [-0.2, 0) is 15.3 Å². The van der Waals surface area contributed by atoms with Crippen molar-refractivity contribution in [1.29, 1.82) is 0 Å². The van der Waals surface area contributed by atoms with E-state index in [0.29, 0.717) is 21.2 Å². The zero-order valence-corrected chi connectivity index (χ0v) is 23.2. The number of thioether (sulfide) groups is 1. The molecule has 0 saturated carbocycles. The van der Waals surface area contributed by atoms with Crippen molar-refractivity contribution in [2.75, 3.05) is 4.90 Å². The highest BCUT2D eigenvalue weighted by molar-refractivity contribution is 8.00. The van der Waals surface area contributed by atoms with Gasteiger partial charge in [-0.3, -0.25) is 14.5 Å². The molecule has 1 saturated heterocycles. The lowest BCUT2D eigenvalue weighted by atomic mass is 9.95. The number of halogens is 1. The van der Waals surface area contributed by atoms with Crippen molar-refractivity contribution in [2.24, 2.45) is 0 Å². The van der Waals surface area contributed by atoms with Crippen molar-refractivity contribution in [3.8, 4) is 5.75 Å². The molecular formula is C31H22FN3O4S2. The number of Topliss-reactive ketones (excluding diaryl/α,β-unsaturated/α-hetero) is 1. The number of aromatic hydroxyl groups is 1. The molecular weight excluding hydrogens is 561 g/mol. The van der Waals surface area contributed by atoms with E-state index in [-0.39, 0.29) is 22.0 Å². The summed E-state index contributed by atoms with van der Waals surface area (Å²) in [6, 6.07) is 23.2. The van der Waals surface area contributed by atoms with Gasteiger partial charge in [0.1, 0.15) is 17.3 Å². The summed E-state index contributed by atoms with van der Waals surface area (Å²) in [4.78, 5) is 27.9. The zero-order valence-electron chi connectivity index (χ0n) is 21.6. The highest BCUT2D eigenvalue weighted by Crippen LogP contribution is 2.44. The molecule has 2 heterocycles. The molecule has 5 aromatic rings. The number of rotatable bonds is 6. The van der Waals surface area contributed by atoms with Crippen LogP contribution in [0.15, 0.2) is 94.8 Å². The molecule has 1 atom stereocenters. The van der Waals surface area contributed by atoms with Gasteiger partial charge in [0.2, 0.25) is 5.13 Å². The Morgan fingerprint density at radius 2 is 1.76 bits per heavy atom. The topological polar surface area (TPSA) is 104 Å². The first kappa shape index (κ1) is 26.7. The Hall–Kier alpha value is -4.54. The Labute approximate surface area is 242 Å². The summed E-state index contributed by atoms with van der Waals surface area (Å²) in [5, 5.41) is 32.0. The molecule has 6 rings (SSSR count). The van der Waals surface area contributed by atoms with Gasteiger partial charge in [-0.2, -0.15) is 0 Å². The van der Waals surface area contributed by atoms with E-state index in [2.05, 4.69) is 34.5 Å². The molecule has 0 spiro atoms. The third-order valence-corrected chi connectivity index (χ3v) is 9.04. The van der Waals surface area contributed by atoms with E-state index in [9.17, 15) is 24.2 Å². The van der Waals surface area contributed by atoms with Gasteiger partial charge in [0, 0.05) is 11.3 Å². The van der Waals surface area contributed by atoms with Crippen molar-refractivity contribution < 1.29 is 24.2 Å². The molecule has 4 aromatic carbocycles. The largest absolute Gasteiger partial charge is 0.508 e. The maximum absolute atomic E-state index is 14.3. The Morgan fingerprint density at radius 1 is 1.00 bits per heavy atom. The number of ketones is 1. The van der Waals surface area contributed by atoms with Gasteiger partial charge in [-0.1, -0.05) is 89.8 Å². The predicted molar refractivity (Wildman–Crippen MR) is 157 cm³/mol. The van der Waals surface area contributed by atoms with Gasteiger partial charge in [0.25, 0.3) is 5.78 Å². The quantitative estimate of drug-likeness (QED) is 0.0748. The fraction of sp³-hybridized carbons (Fsp3) is 0.0968. The van der Waals surface area contributed by atoms with Crippen LogP contribution in [0, 0.1) is 12.7 Å². The number of amides is 1. The Bertz CT molecular complexity index is 1850. The number of fused-ring (bicyclic) bond motifs is 1. The minimum absolute atomic E-state index is 0.00524. The van der Waals surface area contributed by atoms with Gasteiger partial charge in [-0.05, 0) is 52.6 Å². The normalized spacial score (nSPS) is 16.5. The molecule has 1 aliphatic rings. The lowest BCUT2D eigenvalue weighted by Gasteiger charge is -2.22. The number of benzene rings is 4. The van der Waals surface area contributed by atoms with E-state index in [1.165, 1.54) is 40.9 Å². The van der Waals surface area contributed by atoms with Crippen molar-refractivity contribution in [3.63, 3.8) is 0 Å². The molecule has 1 aromatic heterocycles. The second-order valence-electron chi connectivity index (χ2n) is 9.50. The van der Waals surface area contributed by atoms with Crippen LogP contribution in [0.4, 0.5) is 9.52 Å². The first-order chi connectivity index (χ1) is 19.8. The minimum atomic E-state index is -1.07. The lowest BCUT2D eigenvalue weighted by molar-refractivity contribution is -0.132. The lowest BCUT2D eigenvalue weighted by Crippen LogP contribution is -2.29. The van der Waals surface area contributed by atoms with Crippen LogP contribution in [0.2, 0.25) is 0 Å². The van der Waals surface area contributed by atoms with E-state index in [0.717, 1.165) is 33.7 Å².